The summed E-state index contributed by atoms with van der Waals surface area (Å²) in [6.07, 6.45) is 2.16. The molecule has 1 aliphatic rings. The van der Waals surface area contributed by atoms with Crippen LogP contribution in [0.15, 0.2) is 35.2 Å². The molecule has 4 rings (SSSR count). The van der Waals surface area contributed by atoms with E-state index in [2.05, 4.69) is 36.3 Å². The smallest absolute Gasteiger partial charge is 0.235 e. The Labute approximate surface area is 159 Å². The van der Waals surface area contributed by atoms with Gasteiger partial charge in [-0.15, -0.1) is 0 Å². The molecular weight excluding hydrogens is 420 g/mol. The average molecular weight is 437 g/mol. The Bertz CT molecular complexity index is 1080. The molecule has 26 heavy (non-hydrogen) atoms. The summed E-state index contributed by atoms with van der Waals surface area (Å²) in [6, 6.07) is 7.55. The lowest BCUT2D eigenvalue weighted by atomic mass is 10.2. The van der Waals surface area contributed by atoms with Crippen LogP contribution in [0.3, 0.4) is 0 Å². The highest BCUT2D eigenvalue weighted by Gasteiger charge is 2.28. The van der Waals surface area contributed by atoms with Crippen LogP contribution in [0.25, 0.3) is 11.0 Å². The SMILES string of the molecule is Cn1nc(Br)c2c(NCc3cccc(N4CCCS4(=O)=O)c3)ncnc21. The second-order valence-corrected chi connectivity index (χ2v) is 8.86. The van der Waals surface area contributed by atoms with Crippen molar-refractivity contribution in [3.63, 3.8) is 0 Å². The van der Waals surface area contributed by atoms with Gasteiger partial charge in [-0.1, -0.05) is 12.1 Å². The van der Waals surface area contributed by atoms with Crippen molar-refractivity contribution in [3.05, 3.63) is 40.8 Å². The monoisotopic (exact) mass is 436 g/mol. The highest BCUT2D eigenvalue weighted by Crippen LogP contribution is 2.28. The summed E-state index contributed by atoms with van der Waals surface area (Å²) in [5.74, 6) is 0.887. The molecule has 3 heterocycles. The van der Waals surface area contributed by atoms with Gasteiger partial charge >= 0.3 is 0 Å². The highest BCUT2D eigenvalue weighted by atomic mass is 79.9. The Morgan fingerprint density at radius 1 is 1.31 bits per heavy atom. The molecule has 1 saturated heterocycles. The zero-order chi connectivity index (χ0) is 18.3. The Balaban J connectivity index is 1.59. The number of hydrogen-bond acceptors (Lipinski definition) is 6. The van der Waals surface area contributed by atoms with Crippen LogP contribution in [0.2, 0.25) is 0 Å². The van der Waals surface area contributed by atoms with Gasteiger partial charge in [0.15, 0.2) is 5.65 Å². The number of hydrogen-bond donors (Lipinski definition) is 1. The van der Waals surface area contributed by atoms with E-state index in [1.165, 1.54) is 10.6 Å². The number of nitrogens with one attached hydrogen (secondary N) is 1. The minimum Gasteiger partial charge on any atom is -0.365 e. The first-order valence-electron chi connectivity index (χ1n) is 8.12. The van der Waals surface area contributed by atoms with Crippen LogP contribution >= 0.6 is 15.9 Å². The van der Waals surface area contributed by atoms with E-state index < -0.39 is 10.0 Å². The number of nitrogens with zero attached hydrogens (tertiary/aromatic N) is 5. The van der Waals surface area contributed by atoms with Crippen molar-refractivity contribution in [1.29, 1.82) is 0 Å². The topological polar surface area (TPSA) is 93.0 Å². The van der Waals surface area contributed by atoms with Crippen LogP contribution in [0.4, 0.5) is 11.5 Å². The van der Waals surface area contributed by atoms with Crippen molar-refractivity contribution in [2.24, 2.45) is 7.05 Å². The number of aromatic nitrogens is 4. The van der Waals surface area contributed by atoms with E-state index in [1.807, 2.05) is 31.3 Å². The predicted molar refractivity (Wildman–Crippen MR) is 104 cm³/mol. The van der Waals surface area contributed by atoms with Gasteiger partial charge in [0.05, 0.1) is 16.8 Å². The van der Waals surface area contributed by atoms with E-state index in [-0.39, 0.29) is 5.75 Å². The Morgan fingerprint density at radius 2 is 2.15 bits per heavy atom. The molecule has 10 heteroatoms. The van der Waals surface area contributed by atoms with Gasteiger partial charge in [-0.2, -0.15) is 5.10 Å². The third-order valence-corrected chi connectivity index (χ3v) is 6.76. The lowest BCUT2D eigenvalue weighted by Gasteiger charge is -2.18. The molecule has 0 aliphatic carbocycles. The normalized spacial score (nSPS) is 16.3. The molecule has 136 valence electrons. The van der Waals surface area contributed by atoms with Crippen molar-refractivity contribution < 1.29 is 8.42 Å². The maximum absolute atomic E-state index is 12.1. The van der Waals surface area contributed by atoms with Gasteiger partial charge < -0.3 is 5.32 Å². The lowest BCUT2D eigenvalue weighted by molar-refractivity contribution is 0.599. The van der Waals surface area contributed by atoms with E-state index in [9.17, 15) is 8.42 Å². The van der Waals surface area contributed by atoms with Gasteiger partial charge in [0, 0.05) is 20.1 Å². The number of sulfonamides is 1. The van der Waals surface area contributed by atoms with Gasteiger partial charge in [-0.25, -0.2) is 23.1 Å². The molecule has 2 aromatic heterocycles. The van der Waals surface area contributed by atoms with Crippen LogP contribution in [0.1, 0.15) is 12.0 Å². The maximum Gasteiger partial charge on any atom is 0.235 e. The second kappa shape index (κ2) is 6.51. The van der Waals surface area contributed by atoms with Crippen molar-refractivity contribution in [2.45, 2.75) is 13.0 Å². The van der Waals surface area contributed by atoms with Gasteiger partial charge in [0.2, 0.25) is 10.0 Å². The number of anilines is 2. The van der Waals surface area contributed by atoms with E-state index >= 15 is 0 Å². The first-order chi connectivity index (χ1) is 12.5. The van der Waals surface area contributed by atoms with Crippen LogP contribution in [0.5, 0.6) is 0 Å². The zero-order valence-electron chi connectivity index (χ0n) is 14.1. The summed E-state index contributed by atoms with van der Waals surface area (Å²) in [6.45, 7) is 1.05. The zero-order valence-corrected chi connectivity index (χ0v) is 16.5. The van der Waals surface area contributed by atoms with E-state index in [1.54, 1.807) is 4.68 Å². The molecule has 1 fully saturated rings. The van der Waals surface area contributed by atoms with Crippen molar-refractivity contribution >= 4 is 48.5 Å². The molecule has 1 aromatic carbocycles. The summed E-state index contributed by atoms with van der Waals surface area (Å²) in [5, 5.41) is 8.41. The Kier molecular flexibility index (Phi) is 4.31. The third kappa shape index (κ3) is 3.03. The fourth-order valence-corrected chi connectivity index (χ4v) is 5.27. The summed E-state index contributed by atoms with van der Waals surface area (Å²) >= 11 is 3.44. The Hall–Kier alpha value is -2.20. The molecule has 3 aromatic rings. The van der Waals surface area contributed by atoms with Crippen molar-refractivity contribution in [2.75, 3.05) is 21.9 Å². The maximum atomic E-state index is 12.1. The van der Waals surface area contributed by atoms with Gasteiger partial charge in [0.25, 0.3) is 0 Å². The molecule has 0 amide bonds. The summed E-state index contributed by atoms with van der Waals surface area (Å²) in [5.41, 5.74) is 2.40. The molecule has 0 atom stereocenters. The fourth-order valence-electron chi connectivity index (χ4n) is 3.11. The second-order valence-electron chi connectivity index (χ2n) is 6.10. The van der Waals surface area contributed by atoms with Gasteiger partial charge in [0.1, 0.15) is 16.7 Å². The molecule has 1 aliphatic heterocycles. The van der Waals surface area contributed by atoms with E-state index in [4.69, 9.17) is 0 Å². The number of rotatable bonds is 4. The van der Waals surface area contributed by atoms with E-state index in [0.717, 1.165) is 16.6 Å². The van der Waals surface area contributed by atoms with E-state index in [0.29, 0.717) is 35.6 Å². The minimum absolute atomic E-state index is 0.212. The highest BCUT2D eigenvalue weighted by molar-refractivity contribution is 9.10. The predicted octanol–water partition coefficient (Wildman–Crippen LogP) is 2.28. The van der Waals surface area contributed by atoms with Crippen molar-refractivity contribution in [1.82, 2.24) is 19.7 Å². The summed E-state index contributed by atoms with van der Waals surface area (Å²) in [7, 11) is -1.36. The van der Waals surface area contributed by atoms with Crippen LogP contribution < -0.4 is 9.62 Å². The molecule has 1 N–H and O–H groups in total. The summed E-state index contributed by atoms with van der Waals surface area (Å²) < 4.78 is 28.1. The molecule has 0 radical (unpaired) electrons. The molecule has 0 bridgehead atoms. The summed E-state index contributed by atoms with van der Waals surface area (Å²) in [4.78, 5) is 8.55. The fraction of sp³-hybridized carbons (Fsp3) is 0.312. The first kappa shape index (κ1) is 17.2. The molecule has 0 unspecified atom stereocenters. The van der Waals surface area contributed by atoms with Gasteiger partial charge in [-0.3, -0.25) is 4.31 Å². The lowest BCUT2D eigenvalue weighted by Crippen LogP contribution is -2.25. The number of aryl methyl sites for hydroxylation is 1. The largest absolute Gasteiger partial charge is 0.365 e. The standard InChI is InChI=1S/C16H17BrN6O2S/c1-22-16-13(14(17)21-22)15(19-10-20-16)18-9-11-4-2-5-12(8-11)23-6-3-7-26(23,24)25/h2,4-5,8,10H,3,6-7,9H2,1H3,(H,18,19,20). The number of fused-ring (bicyclic) bond motifs is 1. The molecule has 0 saturated carbocycles. The van der Waals surface area contributed by atoms with Crippen LogP contribution in [-0.2, 0) is 23.6 Å². The quantitative estimate of drug-likeness (QED) is 0.673. The van der Waals surface area contributed by atoms with Crippen molar-refractivity contribution in [3.8, 4) is 0 Å². The van der Waals surface area contributed by atoms with Crippen LogP contribution in [0, 0.1) is 0 Å². The first-order valence-corrected chi connectivity index (χ1v) is 10.5. The molecular formula is C16H17BrN6O2S. The van der Waals surface area contributed by atoms with Crippen LogP contribution in [-0.4, -0.2) is 40.5 Å². The number of halogens is 1. The molecule has 8 nitrogen and oxygen atoms in total. The minimum atomic E-state index is -3.18. The number of benzene rings is 1. The Morgan fingerprint density at radius 3 is 2.92 bits per heavy atom. The third-order valence-electron chi connectivity index (χ3n) is 4.34. The molecule has 0 spiro atoms. The average Bonchev–Trinajstić information content (AvgIpc) is 3.12. The van der Waals surface area contributed by atoms with Gasteiger partial charge in [-0.05, 0) is 40.0 Å².